The number of carbonyl (C=O) groups is 1. The van der Waals surface area contributed by atoms with Crippen LogP contribution in [0.2, 0.25) is 0 Å². The number of hydrogen-bond acceptors (Lipinski definition) is 5. The van der Waals surface area contributed by atoms with Gasteiger partial charge in [0.15, 0.2) is 5.69 Å². The number of amides is 1. The Bertz CT molecular complexity index is 769. The summed E-state index contributed by atoms with van der Waals surface area (Å²) in [6.45, 7) is 5.53. The predicted octanol–water partition coefficient (Wildman–Crippen LogP) is 2.96. The van der Waals surface area contributed by atoms with Crippen molar-refractivity contribution in [2.75, 3.05) is 0 Å². The second kappa shape index (κ2) is 7.12. The largest absolute Gasteiger partial charge is 0.439 e. The summed E-state index contributed by atoms with van der Waals surface area (Å²) in [6, 6.07) is 6.06. The first-order chi connectivity index (χ1) is 11.3. The molecule has 2 rings (SSSR count). The van der Waals surface area contributed by atoms with Crippen molar-refractivity contribution in [3.63, 3.8) is 0 Å². The van der Waals surface area contributed by atoms with Crippen molar-refractivity contribution in [2.24, 2.45) is 7.05 Å². The minimum absolute atomic E-state index is 0.0287. The van der Waals surface area contributed by atoms with Gasteiger partial charge in [0, 0.05) is 30.8 Å². The molecule has 24 heavy (non-hydrogen) atoms. The Morgan fingerprint density at radius 2 is 2.17 bits per heavy atom. The number of nitro benzene ring substituents is 1. The fraction of sp³-hybridized carbons (Fsp3) is 0.375. The van der Waals surface area contributed by atoms with E-state index in [1.165, 1.54) is 22.9 Å². The summed E-state index contributed by atoms with van der Waals surface area (Å²) in [5, 5.41) is 17.8. The molecule has 1 amide bonds. The van der Waals surface area contributed by atoms with Crippen LogP contribution in [0.3, 0.4) is 0 Å². The van der Waals surface area contributed by atoms with Gasteiger partial charge in [-0.25, -0.2) is 4.68 Å². The lowest BCUT2D eigenvalue weighted by Crippen LogP contribution is -2.32. The third-order valence-corrected chi connectivity index (χ3v) is 3.65. The Morgan fingerprint density at radius 3 is 2.75 bits per heavy atom. The molecule has 1 atom stereocenters. The maximum Gasteiger partial charge on any atom is 0.272 e. The van der Waals surface area contributed by atoms with Crippen LogP contribution in [0.25, 0.3) is 0 Å². The number of hydrogen-bond donors (Lipinski definition) is 1. The lowest BCUT2D eigenvalue weighted by Gasteiger charge is -2.08. The van der Waals surface area contributed by atoms with Crippen molar-refractivity contribution in [3.8, 4) is 11.6 Å². The van der Waals surface area contributed by atoms with Crippen LogP contribution in [0.4, 0.5) is 5.69 Å². The SMILES string of the molecule is CC[C@@H](C)NC(=O)c1cc(Oc2ccc([N+](=O)[O-])c(C)c2)n(C)n1. The van der Waals surface area contributed by atoms with Gasteiger partial charge in [-0.1, -0.05) is 6.92 Å². The third-order valence-electron chi connectivity index (χ3n) is 3.65. The van der Waals surface area contributed by atoms with E-state index in [2.05, 4.69) is 10.4 Å². The third kappa shape index (κ3) is 3.89. The van der Waals surface area contributed by atoms with Crippen LogP contribution in [-0.2, 0) is 7.05 Å². The predicted molar refractivity (Wildman–Crippen MR) is 88.3 cm³/mol. The highest BCUT2D eigenvalue weighted by Crippen LogP contribution is 2.27. The van der Waals surface area contributed by atoms with Crippen molar-refractivity contribution in [1.29, 1.82) is 0 Å². The van der Waals surface area contributed by atoms with Crippen LogP contribution < -0.4 is 10.1 Å². The summed E-state index contributed by atoms with van der Waals surface area (Å²) in [7, 11) is 1.66. The van der Waals surface area contributed by atoms with Gasteiger partial charge >= 0.3 is 0 Å². The highest BCUT2D eigenvalue weighted by Gasteiger charge is 2.16. The Morgan fingerprint density at radius 1 is 1.46 bits per heavy atom. The van der Waals surface area contributed by atoms with Gasteiger partial charge in [0.1, 0.15) is 5.75 Å². The topological polar surface area (TPSA) is 99.3 Å². The van der Waals surface area contributed by atoms with E-state index < -0.39 is 4.92 Å². The number of aryl methyl sites for hydroxylation is 2. The summed E-state index contributed by atoms with van der Waals surface area (Å²) in [6.07, 6.45) is 0.823. The molecule has 0 aliphatic heterocycles. The Kier molecular flexibility index (Phi) is 5.18. The molecular formula is C16H20N4O4. The monoisotopic (exact) mass is 332 g/mol. The number of nitrogens with zero attached hydrogens (tertiary/aromatic N) is 3. The van der Waals surface area contributed by atoms with Gasteiger partial charge < -0.3 is 10.1 Å². The summed E-state index contributed by atoms with van der Waals surface area (Å²) < 4.78 is 7.13. The normalized spacial score (nSPS) is 11.8. The zero-order valence-corrected chi connectivity index (χ0v) is 14.1. The van der Waals surface area contributed by atoms with Crippen molar-refractivity contribution in [2.45, 2.75) is 33.2 Å². The van der Waals surface area contributed by atoms with E-state index in [1.54, 1.807) is 20.0 Å². The molecule has 1 N–H and O–H groups in total. The number of benzene rings is 1. The molecule has 2 aromatic rings. The molecule has 8 nitrogen and oxygen atoms in total. The molecule has 1 heterocycles. The first kappa shape index (κ1) is 17.5. The molecule has 0 spiro atoms. The number of aromatic nitrogens is 2. The first-order valence-corrected chi connectivity index (χ1v) is 7.59. The van der Waals surface area contributed by atoms with Crippen molar-refractivity contribution in [1.82, 2.24) is 15.1 Å². The zero-order chi connectivity index (χ0) is 17.9. The Hall–Kier alpha value is -2.90. The fourth-order valence-electron chi connectivity index (χ4n) is 2.07. The zero-order valence-electron chi connectivity index (χ0n) is 14.1. The van der Waals surface area contributed by atoms with E-state index in [-0.39, 0.29) is 23.3 Å². The molecule has 8 heteroatoms. The molecule has 0 aliphatic rings. The number of carbonyl (C=O) groups excluding carboxylic acids is 1. The van der Waals surface area contributed by atoms with Crippen molar-refractivity contribution < 1.29 is 14.5 Å². The van der Waals surface area contributed by atoms with Crippen LogP contribution >= 0.6 is 0 Å². The minimum Gasteiger partial charge on any atom is -0.439 e. The number of rotatable bonds is 6. The van der Waals surface area contributed by atoms with Gasteiger partial charge in [-0.05, 0) is 32.4 Å². The van der Waals surface area contributed by atoms with Gasteiger partial charge in [-0.15, -0.1) is 0 Å². The summed E-state index contributed by atoms with van der Waals surface area (Å²) in [5.74, 6) is 0.544. The standard InChI is InChI=1S/C16H20N4O4/c1-5-11(3)17-16(21)13-9-15(19(4)18-13)24-12-6-7-14(20(22)23)10(2)8-12/h6-9,11H,5H2,1-4H3,(H,17,21)/t11-/m1/s1. The molecule has 0 saturated heterocycles. The molecule has 0 aliphatic carbocycles. The average molecular weight is 332 g/mol. The molecule has 0 fully saturated rings. The van der Waals surface area contributed by atoms with E-state index in [0.29, 0.717) is 17.2 Å². The fourth-order valence-corrected chi connectivity index (χ4v) is 2.07. The average Bonchev–Trinajstić information content (AvgIpc) is 2.88. The quantitative estimate of drug-likeness (QED) is 0.647. The summed E-state index contributed by atoms with van der Waals surface area (Å²) in [5.41, 5.74) is 0.779. The highest BCUT2D eigenvalue weighted by atomic mass is 16.6. The second-order valence-corrected chi connectivity index (χ2v) is 5.58. The van der Waals surface area contributed by atoms with Crippen LogP contribution in [0.5, 0.6) is 11.6 Å². The van der Waals surface area contributed by atoms with Crippen LogP contribution in [-0.4, -0.2) is 26.7 Å². The molecule has 1 aromatic heterocycles. The van der Waals surface area contributed by atoms with E-state index in [0.717, 1.165) is 6.42 Å². The van der Waals surface area contributed by atoms with Crippen LogP contribution in [0.15, 0.2) is 24.3 Å². The smallest absolute Gasteiger partial charge is 0.272 e. The van der Waals surface area contributed by atoms with E-state index in [4.69, 9.17) is 4.74 Å². The lowest BCUT2D eigenvalue weighted by molar-refractivity contribution is -0.385. The molecular weight excluding hydrogens is 312 g/mol. The van der Waals surface area contributed by atoms with Gasteiger partial charge in [-0.3, -0.25) is 14.9 Å². The van der Waals surface area contributed by atoms with Gasteiger partial charge in [-0.2, -0.15) is 5.10 Å². The lowest BCUT2D eigenvalue weighted by atomic mass is 10.2. The van der Waals surface area contributed by atoms with E-state index >= 15 is 0 Å². The highest BCUT2D eigenvalue weighted by molar-refractivity contribution is 5.92. The maximum absolute atomic E-state index is 12.1. The molecule has 128 valence electrons. The molecule has 0 bridgehead atoms. The van der Waals surface area contributed by atoms with Gasteiger partial charge in [0.2, 0.25) is 5.88 Å². The van der Waals surface area contributed by atoms with Crippen LogP contribution in [0.1, 0.15) is 36.3 Å². The number of ether oxygens (including phenoxy) is 1. The molecule has 0 unspecified atom stereocenters. The number of nitro groups is 1. The maximum atomic E-state index is 12.1. The van der Waals surface area contributed by atoms with Crippen LogP contribution in [0, 0.1) is 17.0 Å². The summed E-state index contributed by atoms with van der Waals surface area (Å²) >= 11 is 0. The second-order valence-electron chi connectivity index (χ2n) is 5.58. The Labute approximate surface area is 139 Å². The minimum atomic E-state index is -0.444. The molecule has 0 saturated carbocycles. The summed E-state index contributed by atoms with van der Waals surface area (Å²) in [4.78, 5) is 22.5. The van der Waals surface area contributed by atoms with Gasteiger partial charge in [0.25, 0.3) is 11.6 Å². The molecule has 1 aromatic carbocycles. The number of nitrogens with one attached hydrogen (secondary N) is 1. The van der Waals surface area contributed by atoms with E-state index in [1.807, 2.05) is 13.8 Å². The van der Waals surface area contributed by atoms with E-state index in [9.17, 15) is 14.9 Å². The van der Waals surface area contributed by atoms with Gasteiger partial charge in [0.05, 0.1) is 4.92 Å². The van der Waals surface area contributed by atoms with Crippen molar-refractivity contribution >= 4 is 11.6 Å². The molecule has 0 radical (unpaired) electrons. The first-order valence-electron chi connectivity index (χ1n) is 7.59. The van der Waals surface area contributed by atoms with Crippen molar-refractivity contribution in [3.05, 3.63) is 45.6 Å². The Balaban J connectivity index is 2.18.